The fourth-order valence-corrected chi connectivity index (χ4v) is 5.41. The quantitative estimate of drug-likeness (QED) is 0.652. The normalized spacial score (nSPS) is 15.1. The molecule has 2 N–H and O–H groups in total. The summed E-state index contributed by atoms with van der Waals surface area (Å²) >= 11 is 1.31. The van der Waals surface area contributed by atoms with Crippen LogP contribution in [0.25, 0.3) is 0 Å². The Kier molecular flexibility index (Phi) is 6.67. The van der Waals surface area contributed by atoms with E-state index in [1.165, 1.54) is 30.6 Å². The average molecular weight is 410 g/mol. The molecule has 1 fully saturated rings. The van der Waals surface area contributed by atoms with E-state index < -0.39 is 10.0 Å². The van der Waals surface area contributed by atoms with E-state index in [0.717, 1.165) is 35.9 Å². The van der Waals surface area contributed by atoms with Crippen LogP contribution in [0.4, 0.5) is 11.8 Å². The van der Waals surface area contributed by atoms with E-state index in [1.807, 2.05) is 26.0 Å². The summed E-state index contributed by atoms with van der Waals surface area (Å²) in [5.74, 6) is 1.48. The maximum absolute atomic E-state index is 12.3. The number of sulfonamides is 1. The summed E-state index contributed by atoms with van der Waals surface area (Å²) in [6, 6.07) is 5.52. The number of rotatable bonds is 8. The number of hydrogen-bond acceptors (Lipinski definition) is 7. The monoisotopic (exact) mass is 409 g/mol. The van der Waals surface area contributed by atoms with Gasteiger partial charge in [0.25, 0.3) is 0 Å². The van der Waals surface area contributed by atoms with Crippen LogP contribution in [0.2, 0.25) is 0 Å². The number of hydrogen-bond donors (Lipinski definition) is 2. The van der Waals surface area contributed by atoms with E-state index >= 15 is 0 Å². The predicted molar refractivity (Wildman–Crippen MR) is 110 cm³/mol. The first-order valence-electron chi connectivity index (χ1n) is 9.41. The Morgan fingerprint density at radius 3 is 2.63 bits per heavy atom. The lowest BCUT2D eigenvalue weighted by Gasteiger charge is -2.28. The molecule has 0 spiro atoms. The van der Waals surface area contributed by atoms with Crippen LogP contribution < -0.4 is 14.9 Å². The highest BCUT2D eigenvalue weighted by atomic mass is 32.2. The largest absolute Gasteiger partial charge is 0.356 e. The Morgan fingerprint density at radius 2 is 1.93 bits per heavy atom. The van der Waals surface area contributed by atoms with Crippen LogP contribution in [0.3, 0.4) is 0 Å². The fourth-order valence-electron chi connectivity index (χ4n) is 3.04. The van der Waals surface area contributed by atoms with Crippen molar-refractivity contribution in [3.05, 3.63) is 28.8 Å². The second kappa shape index (κ2) is 8.99. The molecule has 1 aliphatic rings. The van der Waals surface area contributed by atoms with Crippen LogP contribution in [0.1, 0.15) is 36.8 Å². The average Bonchev–Trinajstić information content (AvgIpc) is 3.16. The number of nitrogens with zero attached hydrogens (tertiary/aromatic N) is 3. The molecule has 148 valence electrons. The SMILES string of the molecule is CCc1ccc(S(=O)(=O)NCCNc2nc(C)cc(N3CCCCC3)n2)s1. The number of thiophene rings is 1. The molecule has 0 aromatic carbocycles. The third-order valence-electron chi connectivity index (χ3n) is 4.47. The van der Waals surface area contributed by atoms with Gasteiger partial charge in [0, 0.05) is 42.8 Å². The van der Waals surface area contributed by atoms with Gasteiger partial charge in [-0.15, -0.1) is 11.3 Å². The third-order valence-corrected chi connectivity index (χ3v) is 7.65. The lowest BCUT2D eigenvalue weighted by Crippen LogP contribution is -2.31. The molecular formula is C18H27N5O2S2. The second-order valence-corrected chi connectivity index (χ2v) is 9.80. The van der Waals surface area contributed by atoms with Crippen LogP contribution in [-0.4, -0.2) is 44.6 Å². The minimum Gasteiger partial charge on any atom is -0.356 e. The van der Waals surface area contributed by atoms with Gasteiger partial charge in [-0.1, -0.05) is 6.92 Å². The van der Waals surface area contributed by atoms with E-state index in [4.69, 9.17) is 0 Å². The summed E-state index contributed by atoms with van der Waals surface area (Å²) in [4.78, 5) is 12.4. The molecule has 9 heteroatoms. The molecule has 2 aromatic rings. The molecule has 3 heterocycles. The van der Waals surface area contributed by atoms with E-state index in [2.05, 4.69) is 24.9 Å². The second-order valence-electron chi connectivity index (χ2n) is 6.64. The Balaban J connectivity index is 1.54. The lowest BCUT2D eigenvalue weighted by atomic mass is 10.1. The van der Waals surface area contributed by atoms with Gasteiger partial charge in [-0.2, -0.15) is 4.98 Å². The number of aromatic nitrogens is 2. The fraction of sp³-hybridized carbons (Fsp3) is 0.556. The number of nitrogens with one attached hydrogen (secondary N) is 2. The molecule has 1 aliphatic heterocycles. The summed E-state index contributed by atoms with van der Waals surface area (Å²) in [5, 5.41) is 3.13. The van der Waals surface area contributed by atoms with Crippen molar-refractivity contribution in [3.63, 3.8) is 0 Å². The van der Waals surface area contributed by atoms with E-state index in [-0.39, 0.29) is 6.54 Å². The smallest absolute Gasteiger partial charge is 0.250 e. The van der Waals surface area contributed by atoms with Gasteiger partial charge in [0.2, 0.25) is 16.0 Å². The highest BCUT2D eigenvalue weighted by Crippen LogP contribution is 2.22. The summed E-state index contributed by atoms with van der Waals surface area (Å²) < 4.78 is 27.6. The molecule has 0 unspecified atom stereocenters. The lowest BCUT2D eigenvalue weighted by molar-refractivity contribution is 0.573. The first-order valence-corrected chi connectivity index (χ1v) is 11.7. The van der Waals surface area contributed by atoms with Crippen LogP contribution in [0, 0.1) is 6.92 Å². The minimum atomic E-state index is -3.46. The van der Waals surface area contributed by atoms with Crippen LogP contribution >= 0.6 is 11.3 Å². The minimum absolute atomic E-state index is 0.276. The molecule has 0 bridgehead atoms. The van der Waals surface area contributed by atoms with Crippen molar-refractivity contribution in [2.24, 2.45) is 0 Å². The van der Waals surface area contributed by atoms with Crippen LogP contribution in [-0.2, 0) is 16.4 Å². The maximum atomic E-state index is 12.3. The van der Waals surface area contributed by atoms with Crippen molar-refractivity contribution < 1.29 is 8.42 Å². The topological polar surface area (TPSA) is 87.2 Å². The molecule has 2 aromatic heterocycles. The maximum Gasteiger partial charge on any atom is 0.250 e. The van der Waals surface area contributed by atoms with Gasteiger partial charge in [0.1, 0.15) is 10.0 Å². The summed E-state index contributed by atoms with van der Waals surface area (Å²) in [5.41, 5.74) is 0.902. The van der Waals surface area contributed by atoms with E-state index in [0.29, 0.717) is 16.7 Å². The summed E-state index contributed by atoms with van der Waals surface area (Å²) in [6.07, 6.45) is 4.49. The zero-order valence-electron chi connectivity index (χ0n) is 15.9. The first-order chi connectivity index (χ1) is 13.0. The van der Waals surface area contributed by atoms with Crippen LogP contribution in [0.5, 0.6) is 0 Å². The zero-order chi connectivity index (χ0) is 19.3. The molecule has 0 radical (unpaired) electrons. The zero-order valence-corrected chi connectivity index (χ0v) is 17.5. The summed E-state index contributed by atoms with van der Waals surface area (Å²) in [6.45, 7) is 6.71. The predicted octanol–water partition coefficient (Wildman–Crippen LogP) is 2.79. The van der Waals surface area contributed by atoms with Gasteiger partial charge in [0.15, 0.2) is 0 Å². The molecule has 0 atom stereocenters. The van der Waals surface area contributed by atoms with Crippen molar-refractivity contribution in [3.8, 4) is 0 Å². The van der Waals surface area contributed by atoms with Crippen molar-refractivity contribution in [1.82, 2.24) is 14.7 Å². The Morgan fingerprint density at radius 1 is 1.15 bits per heavy atom. The molecule has 3 rings (SSSR count). The molecule has 27 heavy (non-hydrogen) atoms. The van der Waals surface area contributed by atoms with E-state index in [9.17, 15) is 8.42 Å². The first kappa shape index (κ1) is 20.0. The van der Waals surface area contributed by atoms with E-state index in [1.54, 1.807) is 6.07 Å². The number of aryl methyl sites for hydroxylation is 2. The molecule has 0 amide bonds. The summed E-state index contributed by atoms with van der Waals surface area (Å²) in [7, 11) is -3.46. The van der Waals surface area contributed by atoms with Gasteiger partial charge in [-0.3, -0.25) is 0 Å². The number of anilines is 2. The standard InChI is InChI=1S/C18H27N5O2S2/c1-3-15-7-8-17(26-15)27(24,25)20-10-9-19-18-21-14(2)13-16(22-18)23-11-5-4-6-12-23/h7-8,13,20H,3-6,9-12H2,1-2H3,(H,19,21,22). The molecule has 1 saturated heterocycles. The van der Waals surface area contributed by atoms with Gasteiger partial charge in [0.05, 0.1) is 0 Å². The van der Waals surface area contributed by atoms with Gasteiger partial charge in [-0.25, -0.2) is 18.1 Å². The Bertz CT molecular complexity index is 860. The Labute approximate surface area is 165 Å². The third kappa shape index (κ3) is 5.40. The van der Waals surface area contributed by atoms with Gasteiger partial charge in [-0.05, 0) is 44.7 Å². The van der Waals surface area contributed by atoms with Crippen LogP contribution in [0.15, 0.2) is 22.4 Å². The molecular weight excluding hydrogens is 382 g/mol. The van der Waals surface area contributed by atoms with Gasteiger partial charge >= 0.3 is 0 Å². The van der Waals surface area contributed by atoms with Crippen molar-refractivity contribution in [2.45, 2.75) is 43.7 Å². The highest BCUT2D eigenvalue weighted by Gasteiger charge is 2.16. The van der Waals surface area contributed by atoms with Crippen molar-refractivity contribution in [2.75, 3.05) is 36.4 Å². The molecule has 0 aliphatic carbocycles. The van der Waals surface area contributed by atoms with Crippen molar-refractivity contribution >= 4 is 33.1 Å². The molecule has 7 nitrogen and oxygen atoms in total. The van der Waals surface area contributed by atoms with Crippen molar-refractivity contribution in [1.29, 1.82) is 0 Å². The Hall–Kier alpha value is -1.71. The number of piperidine rings is 1. The highest BCUT2D eigenvalue weighted by molar-refractivity contribution is 7.91. The van der Waals surface area contributed by atoms with Gasteiger partial charge < -0.3 is 10.2 Å². The molecule has 0 saturated carbocycles.